The molecule has 0 aliphatic heterocycles. The van der Waals surface area contributed by atoms with Crippen LogP contribution in [0.25, 0.3) is 0 Å². The molecule has 1 aromatic carbocycles. The van der Waals surface area contributed by atoms with Crippen molar-refractivity contribution in [2.45, 2.75) is 6.18 Å². The van der Waals surface area contributed by atoms with Crippen molar-refractivity contribution >= 4 is 17.3 Å². The van der Waals surface area contributed by atoms with Gasteiger partial charge in [-0.3, -0.25) is 10.1 Å². The largest absolute Gasteiger partial charge is 0.492 e. The zero-order valence-electron chi connectivity index (χ0n) is 8.33. The standard InChI is InChI=1S/C9H7ClF3NO3/c10-1-2-17-8-4-6(9(11,12)13)3-7(5-8)14(15)16/h3-5H,1-2H2. The first-order chi connectivity index (χ1) is 7.84. The van der Waals surface area contributed by atoms with Crippen LogP contribution >= 0.6 is 11.6 Å². The van der Waals surface area contributed by atoms with Crippen molar-refractivity contribution in [3.63, 3.8) is 0 Å². The summed E-state index contributed by atoms with van der Waals surface area (Å²) in [4.78, 5) is 9.55. The van der Waals surface area contributed by atoms with Crippen LogP contribution in [0.1, 0.15) is 5.56 Å². The van der Waals surface area contributed by atoms with Gasteiger partial charge in [0.2, 0.25) is 0 Å². The summed E-state index contributed by atoms with van der Waals surface area (Å²) in [6, 6.07) is 2.06. The van der Waals surface area contributed by atoms with E-state index in [1.54, 1.807) is 0 Å². The van der Waals surface area contributed by atoms with Gasteiger partial charge in [-0.25, -0.2) is 0 Å². The summed E-state index contributed by atoms with van der Waals surface area (Å²) >= 11 is 5.30. The number of rotatable bonds is 4. The predicted molar refractivity (Wildman–Crippen MR) is 54.3 cm³/mol. The Balaban J connectivity index is 3.14. The maximum absolute atomic E-state index is 12.4. The highest BCUT2D eigenvalue weighted by Gasteiger charge is 2.33. The van der Waals surface area contributed by atoms with Gasteiger partial charge < -0.3 is 4.74 Å². The summed E-state index contributed by atoms with van der Waals surface area (Å²) in [6.45, 7) is -0.0278. The number of halogens is 4. The number of alkyl halides is 4. The molecule has 1 rings (SSSR count). The third-order valence-electron chi connectivity index (χ3n) is 1.78. The number of non-ortho nitro benzene ring substituents is 1. The van der Waals surface area contributed by atoms with Crippen molar-refractivity contribution in [3.8, 4) is 5.75 Å². The lowest BCUT2D eigenvalue weighted by Gasteiger charge is -2.09. The Morgan fingerprint density at radius 3 is 2.47 bits per heavy atom. The fourth-order valence-corrected chi connectivity index (χ4v) is 1.17. The van der Waals surface area contributed by atoms with E-state index >= 15 is 0 Å². The van der Waals surface area contributed by atoms with E-state index < -0.39 is 22.4 Å². The molecule has 0 radical (unpaired) electrons. The van der Waals surface area contributed by atoms with Gasteiger partial charge in [-0.2, -0.15) is 13.2 Å². The quantitative estimate of drug-likeness (QED) is 0.479. The van der Waals surface area contributed by atoms with E-state index in [-0.39, 0.29) is 18.2 Å². The zero-order chi connectivity index (χ0) is 13.1. The number of ether oxygens (including phenoxy) is 1. The predicted octanol–water partition coefficient (Wildman–Crippen LogP) is 3.23. The summed E-state index contributed by atoms with van der Waals surface area (Å²) in [5, 5.41) is 10.5. The van der Waals surface area contributed by atoms with Crippen LogP contribution in [0.5, 0.6) is 5.75 Å². The summed E-state index contributed by atoms with van der Waals surface area (Å²) < 4.78 is 42.1. The normalized spacial score (nSPS) is 11.3. The minimum atomic E-state index is -4.66. The lowest BCUT2D eigenvalue weighted by atomic mass is 10.2. The second-order valence-corrected chi connectivity index (χ2v) is 3.39. The number of nitro groups is 1. The van der Waals surface area contributed by atoms with Crippen LogP contribution in [0.4, 0.5) is 18.9 Å². The number of nitrogens with zero attached hydrogens (tertiary/aromatic N) is 1. The van der Waals surface area contributed by atoms with Crippen LogP contribution < -0.4 is 4.74 Å². The number of hydrogen-bond donors (Lipinski definition) is 0. The highest BCUT2D eigenvalue weighted by molar-refractivity contribution is 6.18. The molecule has 0 saturated heterocycles. The summed E-state index contributed by atoms with van der Waals surface area (Å²) in [5.41, 5.74) is -1.80. The van der Waals surface area contributed by atoms with Crippen molar-refractivity contribution < 1.29 is 22.8 Å². The van der Waals surface area contributed by atoms with Crippen molar-refractivity contribution in [2.75, 3.05) is 12.5 Å². The second kappa shape index (κ2) is 5.22. The molecule has 0 heterocycles. The van der Waals surface area contributed by atoms with Gasteiger partial charge in [0.05, 0.1) is 22.4 Å². The minimum Gasteiger partial charge on any atom is -0.492 e. The smallest absolute Gasteiger partial charge is 0.416 e. The first kappa shape index (κ1) is 13.6. The molecule has 0 aliphatic rings. The van der Waals surface area contributed by atoms with E-state index in [1.165, 1.54) is 0 Å². The molecule has 0 aromatic heterocycles. The minimum absolute atomic E-state index is 0.0278. The van der Waals surface area contributed by atoms with Gasteiger partial charge in [0.25, 0.3) is 5.69 Å². The van der Waals surface area contributed by atoms with Crippen LogP contribution in [0.3, 0.4) is 0 Å². The Kier molecular flexibility index (Phi) is 4.17. The second-order valence-electron chi connectivity index (χ2n) is 3.01. The van der Waals surface area contributed by atoms with Crippen molar-refractivity contribution in [3.05, 3.63) is 33.9 Å². The zero-order valence-corrected chi connectivity index (χ0v) is 9.09. The van der Waals surface area contributed by atoms with Gasteiger partial charge in [0.15, 0.2) is 0 Å². The molecule has 0 fully saturated rings. The third kappa shape index (κ3) is 3.77. The maximum Gasteiger partial charge on any atom is 0.416 e. The van der Waals surface area contributed by atoms with Gasteiger partial charge in [-0.05, 0) is 6.07 Å². The van der Waals surface area contributed by atoms with E-state index in [9.17, 15) is 23.3 Å². The molecule has 8 heteroatoms. The van der Waals surface area contributed by atoms with Crippen LogP contribution in [0.15, 0.2) is 18.2 Å². The first-order valence-corrected chi connectivity index (χ1v) is 4.93. The number of benzene rings is 1. The summed E-state index contributed by atoms with van der Waals surface area (Å²) in [6.07, 6.45) is -4.66. The molecule has 0 saturated carbocycles. The van der Waals surface area contributed by atoms with Gasteiger partial charge in [-0.1, -0.05) is 0 Å². The molecule has 94 valence electrons. The Morgan fingerprint density at radius 2 is 2.00 bits per heavy atom. The molecule has 0 bridgehead atoms. The fraction of sp³-hybridized carbons (Fsp3) is 0.333. The summed E-state index contributed by atoms with van der Waals surface area (Å²) in [7, 11) is 0. The molecule has 1 aromatic rings. The van der Waals surface area contributed by atoms with E-state index in [0.29, 0.717) is 12.1 Å². The maximum atomic E-state index is 12.4. The molecule has 0 spiro atoms. The third-order valence-corrected chi connectivity index (χ3v) is 1.93. The fourth-order valence-electron chi connectivity index (χ4n) is 1.09. The first-order valence-electron chi connectivity index (χ1n) is 4.40. The SMILES string of the molecule is O=[N+]([O-])c1cc(OCCCl)cc(C(F)(F)F)c1. The topological polar surface area (TPSA) is 52.4 Å². The van der Waals surface area contributed by atoms with E-state index in [4.69, 9.17) is 16.3 Å². The molecule has 0 amide bonds. The summed E-state index contributed by atoms with van der Waals surface area (Å²) in [5.74, 6) is -0.156. The highest BCUT2D eigenvalue weighted by Crippen LogP contribution is 2.34. The van der Waals surface area contributed by atoms with E-state index in [0.717, 1.165) is 6.07 Å². The Labute approximate surface area is 99.1 Å². The van der Waals surface area contributed by atoms with Crippen LogP contribution in [-0.2, 0) is 6.18 Å². The Bertz CT molecular complexity index is 422. The molecule has 0 unspecified atom stereocenters. The molecular formula is C9H7ClF3NO3. The van der Waals surface area contributed by atoms with Crippen LogP contribution in [0, 0.1) is 10.1 Å². The molecule has 0 atom stereocenters. The average molecular weight is 270 g/mol. The van der Waals surface area contributed by atoms with Gasteiger partial charge >= 0.3 is 6.18 Å². The van der Waals surface area contributed by atoms with Crippen molar-refractivity contribution in [1.29, 1.82) is 0 Å². The highest BCUT2D eigenvalue weighted by atomic mass is 35.5. The molecule has 0 N–H and O–H groups in total. The van der Waals surface area contributed by atoms with Crippen molar-refractivity contribution in [2.24, 2.45) is 0 Å². The lowest BCUT2D eigenvalue weighted by Crippen LogP contribution is -2.07. The molecule has 4 nitrogen and oxygen atoms in total. The van der Waals surface area contributed by atoms with Crippen LogP contribution in [0.2, 0.25) is 0 Å². The van der Waals surface area contributed by atoms with Gasteiger partial charge in [0, 0.05) is 6.07 Å². The molecule has 0 aliphatic carbocycles. The van der Waals surface area contributed by atoms with Gasteiger partial charge in [-0.15, -0.1) is 11.6 Å². The number of nitro benzene ring substituents is 1. The van der Waals surface area contributed by atoms with Crippen LogP contribution in [-0.4, -0.2) is 17.4 Å². The Morgan fingerprint density at radius 1 is 1.35 bits per heavy atom. The Hall–Kier alpha value is -1.50. The average Bonchev–Trinajstić information content (AvgIpc) is 2.24. The molecule has 17 heavy (non-hydrogen) atoms. The van der Waals surface area contributed by atoms with E-state index in [1.807, 2.05) is 0 Å². The van der Waals surface area contributed by atoms with Gasteiger partial charge in [0.1, 0.15) is 12.4 Å². The number of hydrogen-bond acceptors (Lipinski definition) is 3. The van der Waals surface area contributed by atoms with Crippen molar-refractivity contribution in [1.82, 2.24) is 0 Å². The van der Waals surface area contributed by atoms with E-state index in [2.05, 4.69) is 0 Å². The monoisotopic (exact) mass is 269 g/mol. The molecular weight excluding hydrogens is 263 g/mol. The lowest BCUT2D eigenvalue weighted by molar-refractivity contribution is -0.385.